The van der Waals surface area contributed by atoms with Crippen molar-refractivity contribution in [3.63, 3.8) is 0 Å². The molecule has 0 bridgehead atoms. The Kier molecular flexibility index (Phi) is 6.41. The SMILES string of the molecule is COc1ccc(CN(C)C(=O)COC(=O)CC2CCS(=O)(=O)C2)cc1. The highest BCUT2D eigenvalue weighted by Gasteiger charge is 2.30. The lowest BCUT2D eigenvalue weighted by atomic mass is 10.1. The molecule has 0 N–H and O–H groups in total. The average molecular weight is 369 g/mol. The van der Waals surface area contributed by atoms with Crippen LogP contribution in [0.1, 0.15) is 18.4 Å². The maximum absolute atomic E-state index is 12.0. The van der Waals surface area contributed by atoms with Crippen LogP contribution in [0.15, 0.2) is 24.3 Å². The van der Waals surface area contributed by atoms with Gasteiger partial charge in [-0.15, -0.1) is 0 Å². The number of esters is 1. The molecule has 8 heteroatoms. The Morgan fingerprint density at radius 2 is 1.92 bits per heavy atom. The summed E-state index contributed by atoms with van der Waals surface area (Å²) < 4.78 is 32.8. The molecule has 0 radical (unpaired) electrons. The number of carbonyl (C=O) groups is 2. The average Bonchev–Trinajstić information content (AvgIpc) is 2.91. The first-order chi connectivity index (χ1) is 11.8. The van der Waals surface area contributed by atoms with E-state index in [1.807, 2.05) is 24.3 Å². The maximum atomic E-state index is 12.0. The van der Waals surface area contributed by atoms with Crippen LogP contribution in [-0.4, -0.2) is 57.5 Å². The molecule has 1 unspecified atom stereocenters. The lowest BCUT2D eigenvalue weighted by molar-refractivity contribution is -0.152. The molecule has 0 aliphatic carbocycles. The summed E-state index contributed by atoms with van der Waals surface area (Å²) in [6, 6.07) is 7.33. The van der Waals surface area contributed by atoms with Crippen LogP contribution in [0.25, 0.3) is 0 Å². The Hall–Kier alpha value is -2.09. The Morgan fingerprint density at radius 3 is 2.48 bits per heavy atom. The van der Waals surface area contributed by atoms with Crippen molar-refractivity contribution in [1.29, 1.82) is 0 Å². The predicted molar refractivity (Wildman–Crippen MR) is 91.8 cm³/mol. The molecule has 25 heavy (non-hydrogen) atoms. The number of hydrogen-bond acceptors (Lipinski definition) is 6. The third-order valence-electron chi connectivity index (χ3n) is 4.14. The van der Waals surface area contributed by atoms with Gasteiger partial charge in [-0.05, 0) is 30.0 Å². The van der Waals surface area contributed by atoms with E-state index in [9.17, 15) is 18.0 Å². The minimum absolute atomic E-state index is 0.0212. The Balaban J connectivity index is 1.74. The molecule has 0 aromatic heterocycles. The Labute approximate surface area is 147 Å². The number of nitrogens with zero attached hydrogens (tertiary/aromatic N) is 1. The van der Waals surface area contributed by atoms with Crippen LogP contribution in [0.3, 0.4) is 0 Å². The first-order valence-electron chi connectivity index (χ1n) is 8.02. The quantitative estimate of drug-likeness (QED) is 0.667. The van der Waals surface area contributed by atoms with Gasteiger partial charge in [0.1, 0.15) is 5.75 Å². The van der Waals surface area contributed by atoms with Crippen LogP contribution < -0.4 is 4.74 Å². The molecule has 138 valence electrons. The fourth-order valence-corrected chi connectivity index (χ4v) is 4.53. The summed E-state index contributed by atoms with van der Waals surface area (Å²) in [5.74, 6) is -0.177. The van der Waals surface area contributed by atoms with Gasteiger partial charge in [-0.1, -0.05) is 12.1 Å². The fourth-order valence-electron chi connectivity index (χ4n) is 2.67. The third-order valence-corrected chi connectivity index (χ3v) is 5.98. The van der Waals surface area contributed by atoms with Gasteiger partial charge in [-0.3, -0.25) is 9.59 Å². The fraction of sp³-hybridized carbons (Fsp3) is 0.529. The molecule has 1 fully saturated rings. The number of likely N-dealkylation sites (N-methyl/N-ethyl adjacent to an activating group) is 1. The van der Waals surface area contributed by atoms with Gasteiger partial charge in [0.25, 0.3) is 5.91 Å². The van der Waals surface area contributed by atoms with E-state index in [0.29, 0.717) is 13.0 Å². The first-order valence-corrected chi connectivity index (χ1v) is 9.84. The standard InChI is InChI=1S/C17H23NO6S/c1-18(10-13-3-5-15(23-2)6-4-13)16(19)11-24-17(20)9-14-7-8-25(21,22)12-14/h3-6,14H,7-12H2,1-2H3. The molecule has 1 aromatic carbocycles. The van der Waals surface area contributed by atoms with Crippen molar-refractivity contribution in [2.24, 2.45) is 5.92 Å². The largest absolute Gasteiger partial charge is 0.497 e. The van der Waals surface area contributed by atoms with E-state index in [-0.39, 0.29) is 36.4 Å². The second kappa shape index (κ2) is 8.33. The zero-order valence-corrected chi connectivity index (χ0v) is 15.3. The second-order valence-corrected chi connectivity index (χ2v) is 8.46. The van der Waals surface area contributed by atoms with Crippen LogP contribution in [-0.2, 0) is 30.7 Å². The van der Waals surface area contributed by atoms with Crippen molar-refractivity contribution in [1.82, 2.24) is 4.90 Å². The molecule has 1 aromatic rings. The van der Waals surface area contributed by atoms with Crippen molar-refractivity contribution in [3.8, 4) is 5.75 Å². The summed E-state index contributed by atoms with van der Waals surface area (Å²) in [5, 5.41) is 0. The van der Waals surface area contributed by atoms with Gasteiger partial charge >= 0.3 is 5.97 Å². The van der Waals surface area contributed by atoms with E-state index >= 15 is 0 Å². The molecule has 1 aliphatic rings. The van der Waals surface area contributed by atoms with Crippen LogP contribution in [0, 0.1) is 5.92 Å². The Morgan fingerprint density at radius 1 is 1.24 bits per heavy atom. The van der Waals surface area contributed by atoms with Crippen LogP contribution in [0.4, 0.5) is 0 Å². The topological polar surface area (TPSA) is 90.0 Å². The van der Waals surface area contributed by atoms with E-state index < -0.39 is 15.8 Å². The molecule has 0 saturated carbocycles. The minimum atomic E-state index is -3.02. The van der Waals surface area contributed by atoms with Crippen molar-refractivity contribution >= 4 is 21.7 Å². The van der Waals surface area contributed by atoms with Gasteiger partial charge in [0.2, 0.25) is 0 Å². The second-order valence-electron chi connectivity index (χ2n) is 6.23. The van der Waals surface area contributed by atoms with E-state index in [1.54, 1.807) is 14.2 Å². The smallest absolute Gasteiger partial charge is 0.306 e. The molecular weight excluding hydrogens is 346 g/mol. The lowest BCUT2D eigenvalue weighted by Gasteiger charge is -2.17. The normalized spacial score (nSPS) is 18.6. The number of hydrogen-bond donors (Lipinski definition) is 0. The summed E-state index contributed by atoms with van der Waals surface area (Å²) in [6.45, 7) is 0.0478. The molecule has 1 amide bonds. The maximum Gasteiger partial charge on any atom is 0.306 e. The molecule has 1 atom stereocenters. The molecule has 0 spiro atoms. The van der Waals surface area contributed by atoms with Crippen molar-refractivity contribution < 1.29 is 27.5 Å². The van der Waals surface area contributed by atoms with Gasteiger partial charge < -0.3 is 14.4 Å². The summed E-state index contributed by atoms with van der Waals surface area (Å²) in [4.78, 5) is 25.3. The predicted octanol–water partition coefficient (Wildman–Crippen LogP) is 1.02. The molecule has 1 aliphatic heterocycles. The van der Waals surface area contributed by atoms with Gasteiger partial charge in [0.05, 0.1) is 18.6 Å². The highest BCUT2D eigenvalue weighted by molar-refractivity contribution is 7.91. The molecule has 1 saturated heterocycles. The number of rotatable bonds is 7. The highest BCUT2D eigenvalue weighted by atomic mass is 32.2. The minimum Gasteiger partial charge on any atom is -0.497 e. The summed E-state index contributed by atoms with van der Waals surface area (Å²) in [7, 11) is 0.195. The lowest BCUT2D eigenvalue weighted by Crippen LogP contribution is -2.31. The zero-order valence-electron chi connectivity index (χ0n) is 14.4. The van der Waals surface area contributed by atoms with Crippen LogP contribution in [0.2, 0.25) is 0 Å². The van der Waals surface area contributed by atoms with Crippen molar-refractivity contribution in [2.45, 2.75) is 19.4 Å². The van der Waals surface area contributed by atoms with E-state index in [4.69, 9.17) is 9.47 Å². The van der Waals surface area contributed by atoms with Gasteiger partial charge in [-0.25, -0.2) is 8.42 Å². The van der Waals surface area contributed by atoms with Crippen molar-refractivity contribution in [3.05, 3.63) is 29.8 Å². The monoisotopic (exact) mass is 369 g/mol. The number of carbonyl (C=O) groups excluding carboxylic acids is 2. The van der Waals surface area contributed by atoms with E-state index in [1.165, 1.54) is 4.90 Å². The first kappa shape index (κ1) is 19.2. The Bertz CT molecular complexity index is 713. The van der Waals surface area contributed by atoms with Gasteiger partial charge in [-0.2, -0.15) is 0 Å². The number of benzene rings is 1. The molecule has 2 rings (SSSR count). The summed E-state index contributed by atoms with van der Waals surface area (Å²) in [5.41, 5.74) is 0.930. The molecular formula is C17H23NO6S. The van der Waals surface area contributed by atoms with Gasteiger partial charge in [0.15, 0.2) is 16.4 Å². The van der Waals surface area contributed by atoms with Gasteiger partial charge in [0, 0.05) is 20.0 Å². The number of methoxy groups -OCH3 is 1. The highest BCUT2D eigenvalue weighted by Crippen LogP contribution is 2.21. The molecule has 7 nitrogen and oxygen atoms in total. The van der Waals surface area contributed by atoms with E-state index in [0.717, 1.165) is 11.3 Å². The summed E-state index contributed by atoms with van der Waals surface area (Å²) in [6.07, 6.45) is 0.511. The van der Waals surface area contributed by atoms with E-state index in [2.05, 4.69) is 0 Å². The number of amides is 1. The van der Waals surface area contributed by atoms with Crippen molar-refractivity contribution in [2.75, 3.05) is 32.3 Å². The zero-order chi connectivity index (χ0) is 18.4. The number of ether oxygens (including phenoxy) is 2. The molecule has 1 heterocycles. The third kappa shape index (κ3) is 6.04. The summed E-state index contributed by atoms with van der Waals surface area (Å²) >= 11 is 0. The van der Waals surface area contributed by atoms with Crippen LogP contribution >= 0.6 is 0 Å². The van der Waals surface area contributed by atoms with Crippen LogP contribution in [0.5, 0.6) is 5.75 Å². The number of sulfone groups is 1.